The standard InChI is InChI=1S/C9H14FNS/c1-2-3-4-5-8-6-7-12-11-9(8)10/h6-7,11H,2-5H2,1H3. The van der Waals surface area contributed by atoms with Crippen LogP contribution in [0.3, 0.4) is 0 Å². The van der Waals surface area contributed by atoms with Crippen molar-refractivity contribution in [1.82, 2.24) is 4.72 Å². The summed E-state index contributed by atoms with van der Waals surface area (Å²) in [6.45, 7) is 2.15. The molecule has 1 aliphatic rings. The minimum absolute atomic E-state index is 0.168. The molecule has 0 aromatic carbocycles. The molecule has 0 spiro atoms. The van der Waals surface area contributed by atoms with E-state index in [9.17, 15) is 4.39 Å². The summed E-state index contributed by atoms with van der Waals surface area (Å²) in [6.07, 6.45) is 6.14. The van der Waals surface area contributed by atoms with Gasteiger partial charge < -0.3 is 4.72 Å². The summed E-state index contributed by atoms with van der Waals surface area (Å²) >= 11 is 1.28. The Kier molecular flexibility index (Phi) is 4.22. The van der Waals surface area contributed by atoms with Crippen LogP contribution in [0.15, 0.2) is 23.0 Å². The topological polar surface area (TPSA) is 12.0 Å². The summed E-state index contributed by atoms with van der Waals surface area (Å²) < 4.78 is 15.6. The van der Waals surface area contributed by atoms with Gasteiger partial charge in [-0.1, -0.05) is 19.8 Å². The van der Waals surface area contributed by atoms with Gasteiger partial charge in [-0.05, 0) is 36.3 Å². The maximum Gasteiger partial charge on any atom is 0.200 e. The maximum absolute atomic E-state index is 13.0. The van der Waals surface area contributed by atoms with Gasteiger partial charge in [-0.2, -0.15) is 4.39 Å². The highest BCUT2D eigenvalue weighted by Crippen LogP contribution is 2.21. The molecular weight excluding hydrogens is 173 g/mol. The van der Waals surface area contributed by atoms with Crippen molar-refractivity contribution in [2.45, 2.75) is 32.6 Å². The van der Waals surface area contributed by atoms with E-state index in [2.05, 4.69) is 11.6 Å². The second-order valence-electron chi connectivity index (χ2n) is 2.82. The van der Waals surface area contributed by atoms with Crippen molar-refractivity contribution >= 4 is 11.9 Å². The fraction of sp³-hybridized carbons (Fsp3) is 0.556. The zero-order valence-electron chi connectivity index (χ0n) is 7.27. The van der Waals surface area contributed by atoms with Gasteiger partial charge in [-0.25, -0.2) is 0 Å². The lowest BCUT2D eigenvalue weighted by atomic mass is 10.1. The second-order valence-corrected chi connectivity index (χ2v) is 3.53. The van der Waals surface area contributed by atoms with Crippen LogP contribution in [0.2, 0.25) is 0 Å². The van der Waals surface area contributed by atoms with E-state index in [4.69, 9.17) is 0 Å². The van der Waals surface area contributed by atoms with E-state index in [0.717, 1.165) is 18.4 Å². The molecule has 0 unspecified atom stereocenters. The van der Waals surface area contributed by atoms with Gasteiger partial charge in [0.05, 0.1) is 0 Å². The van der Waals surface area contributed by atoms with Crippen LogP contribution in [-0.4, -0.2) is 0 Å². The molecule has 0 atom stereocenters. The monoisotopic (exact) mass is 187 g/mol. The molecule has 3 heteroatoms. The van der Waals surface area contributed by atoms with Crippen molar-refractivity contribution < 1.29 is 4.39 Å². The van der Waals surface area contributed by atoms with E-state index in [-0.39, 0.29) is 5.95 Å². The maximum atomic E-state index is 13.0. The molecule has 1 aliphatic heterocycles. The van der Waals surface area contributed by atoms with Crippen LogP contribution in [0, 0.1) is 0 Å². The molecule has 0 aromatic rings. The third kappa shape index (κ3) is 2.89. The van der Waals surface area contributed by atoms with Crippen molar-refractivity contribution in [1.29, 1.82) is 0 Å². The summed E-state index contributed by atoms with van der Waals surface area (Å²) in [4.78, 5) is 0. The van der Waals surface area contributed by atoms with Crippen LogP contribution in [0.25, 0.3) is 0 Å². The molecule has 12 heavy (non-hydrogen) atoms. The van der Waals surface area contributed by atoms with E-state index >= 15 is 0 Å². The number of hydrogen-bond acceptors (Lipinski definition) is 2. The van der Waals surface area contributed by atoms with Crippen molar-refractivity contribution in [2.75, 3.05) is 0 Å². The lowest BCUT2D eigenvalue weighted by Crippen LogP contribution is -2.03. The number of hydrogen-bond donors (Lipinski definition) is 1. The first kappa shape index (κ1) is 9.65. The van der Waals surface area contributed by atoms with Gasteiger partial charge in [0.25, 0.3) is 0 Å². The fourth-order valence-corrected chi connectivity index (χ4v) is 1.63. The van der Waals surface area contributed by atoms with E-state index in [0.29, 0.717) is 0 Å². The fourth-order valence-electron chi connectivity index (χ4n) is 1.10. The van der Waals surface area contributed by atoms with Crippen LogP contribution in [0.5, 0.6) is 0 Å². The van der Waals surface area contributed by atoms with Crippen LogP contribution >= 0.6 is 11.9 Å². The van der Waals surface area contributed by atoms with Gasteiger partial charge in [-0.15, -0.1) is 0 Å². The Bertz CT molecular complexity index is 199. The van der Waals surface area contributed by atoms with Gasteiger partial charge in [0, 0.05) is 5.57 Å². The zero-order chi connectivity index (χ0) is 8.81. The van der Waals surface area contributed by atoms with Gasteiger partial charge in [0.15, 0.2) is 5.95 Å². The molecule has 0 aliphatic carbocycles. The SMILES string of the molecule is CCCCCC1=C(F)NSC=C1. The van der Waals surface area contributed by atoms with Gasteiger partial charge in [0.1, 0.15) is 0 Å². The Hall–Kier alpha value is -0.440. The average Bonchev–Trinajstić information content (AvgIpc) is 2.09. The Labute approximate surface area is 77.2 Å². The molecule has 0 saturated heterocycles. The molecule has 68 valence electrons. The molecule has 1 heterocycles. The minimum Gasteiger partial charge on any atom is -0.302 e. The summed E-state index contributed by atoms with van der Waals surface area (Å²) in [7, 11) is 0. The molecule has 1 rings (SSSR count). The number of allylic oxidation sites excluding steroid dienone is 2. The molecule has 1 N–H and O–H groups in total. The van der Waals surface area contributed by atoms with E-state index in [1.165, 1.54) is 24.8 Å². The summed E-state index contributed by atoms with van der Waals surface area (Å²) in [6, 6.07) is 0. The third-order valence-electron chi connectivity index (χ3n) is 1.82. The van der Waals surface area contributed by atoms with Gasteiger partial charge >= 0.3 is 0 Å². The van der Waals surface area contributed by atoms with Crippen LogP contribution in [-0.2, 0) is 0 Å². The predicted molar refractivity (Wildman–Crippen MR) is 52.1 cm³/mol. The second kappa shape index (κ2) is 5.25. The molecular formula is C9H14FNS. The van der Waals surface area contributed by atoms with Crippen molar-refractivity contribution in [2.24, 2.45) is 0 Å². The van der Waals surface area contributed by atoms with Crippen molar-refractivity contribution in [3.63, 3.8) is 0 Å². The highest BCUT2D eigenvalue weighted by Gasteiger charge is 2.06. The summed E-state index contributed by atoms with van der Waals surface area (Å²) in [5.74, 6) is -0.168. The quantitative estimate of drug-likeness (QED) is 0.410. The highest BCUT2D eigenvalue weighted by atomic mass is 32.2. The van der Waals surface area contributed by atoms with E-state index in [1.807, 2.05) is 11.5 Å². The zero-order valence-corrected chi connectivity index (χ0v) is 8.09. The van der Waals surface area contributed by atoms with Crippen LogP contribution in [0.1, 0.15) is 32.6 Å². The summed E-state index contributed by atoms with van der Waals surface area (Å²) in [5.41, 5.74) is 0.808. The molecule has 0 saturated carbocycles. The number of nitrogens with one attached hydrogen (secondary N) is 1. The van der Waals surface area contributed by atoms with Gasteiger partial charge in [-0.3, -0.25) is 0 Å². The first-order valence-corrected chi connectivity index (χ1v) is 5.19. The van der Waals surface area contributed by atoms with Crippen LogP contribution in [0.4, 0.5) is 4.39 Å². The molecule has 0 amide bonds. The summed E-state index contributed by atoms with van der Waals surface area (Å²) in [5, 5.41) is 1.88. The van der Waals surface area contributed by atoms with Crippen LogP contribution < -0.4 is 4.72 Å². The van der Waals surface area contributed by atoms with E-state index < -0.39 is 0 Å². The lowest BCUT2D eigenvalue weighted by Gasteiger charge is -2.09. The highest BCUT2D eigenvalue weighted by molar-refractivity contribution is 8.00. The molecule has 1 nitrogen and oxygen atoms in total. The van der Waals surface area contributed by atoms with Gasteiger partial charge in [0.2, 0.25) is 0 Å². The van der Waals surface area contributed by atoms with E-state index in [1.54, 1.807) is 0 Å². The largest absolute Gasteiger partial charge is 0.302 e. The van der Waals surface area contributed by atoms with Crippen molar-refractivity contribution in [3.8, 4) is 0 Å². The molecule has 0 radical (unpaired) electrons. The normalized spacial score (nSPS) is 16.5. The Morgan fingerprint density at radius 1 is 1.50 bits per heavy atom. The number of halogens is 1. The van der Waals surface area contributed by atoms with Crippen molar-refractivity contribution in [3.05, 3.63) is 23.0 Å². The number of unbranched alkanes of at least 4 members (excludes halogenated alkanes) is 2. The Morgan fingerprint density at radius 3 is 3.00 bits per heavy atom. The smallest absolute Gasteiger partial charge is 0.200 e. The molecule has 0 bridgehead atoms. The first-order chi connectivity index (χ1) is 5.84. The predicted octanol–water partition coefficient (Wildman–Crippen LogP) is 3.51. The minimum atomic E-state index is -0.168. The Balaban J connectivity index is 2.34. The first-order valence-electron chi connectivity index (χ1n) is 4.31. The molecule has 0 aromatic heterocycles. The third-order valence-corrected chi connectivity index (χ3v) is 2.39. The molecule has 0 fully saturated rings. The Morgan fingerprint density at radius 2 is 2.33 bits per heavy atom. The number of rotatable bonds is 4. The average molecular weight is 187 g/mol. The lowest BCUT2D eigenvalue weighted by molar-refractivity contribution is 0.584.